The van der Waals surface area contributed by atoms with Gasteiger partial charge < -0.3 is 14.5 Å². The Kier molecular flexibility index (Phi) is 5.81. The van der Waals surface area contributed by atoms with Crippen molar-refractivity contribution in [2.24, 2.45) is 0 Å². The molecule has 0 spiro atoms. The zero-order valence-electron chi connectivity index (χ0n) is 13.4. The number of amides is 2. The number of piperazine rings is 1. The average molecular weight is 304 g/mol. The van der Waals surface area contributed by atoms with E-state index in [-0.39, 0.29) is 11.8 Å². The van der Waals surface area contributed by atoms with E-state index in [1.165, 1.54) is 0 Å². The predicted octanol–water partition coefficient (Wildman–Crippen LogP) is 1.84. The molecule has 2 amide bonds. The minimum absolute atomic E-state index is 0.0822. The van der Waals surface area contributed by atoms with Gasteiger partial charge in [-0.2, -0.15) is 0 Å². The van der Waals surface area contributed by atoms with Crippen LogP contribution in [0.3, 0.4) is 0 Å². The standard InChI is InChI=1S/C17H24N2O3/c1-14-6-3-4-7-16(14)22-13-5-8-17(21)19-11-9-18(10-12-19)15(2)20/h3-4,6-7H,5,8-13H2,1-2H3. The molecule has 0 atom stereocenters. The summed E-state index contributed by atoms with van der Waals surface area (Å²) in [5.74, 6) is 1.11. The SMILES string of the molecule is CC(=O)N1CCN(C(=O)CCCOc2ccccc2C)CC1. The summed E-state index contributed by atoms with van der Waals surface area (Å²) in [5.41, 5.74) is 1.11. The molecular formula is C17H24N2O3. The van der Waals surface area contributed by atoms with Crippen LogP contribution in [0.25, 0.3) is 0 Å². The summed E-state index contributed by atoms with van der Waals surface area (Å²) in [6, 6.07) is 7.88. The Bertz CT molecular complexity index is 522. The first-order valence-electron chi connectivity index (χ1n) is 7.79. The number of hydrogen-bond acceptors (Lipinski definition) is 3. The topological polar surface area (TPSA) is 49.9 Å². The van der Waals surface area contributed by atoms with E-state index in [0.29, 0.717) is 45.6 Å². The number of ether oxygens (including phenoxy) is 1. The molecule has 5 nitrogen and oxygen atoms in total. The van der Waals surface area contributed by atoms with E-state index >= 15 is 0 Å². The number of benzene rings is 1. The van der Waals surface area contributed by atoms with Gasteiger partial charge in [0, 0.05) is 39.5 Å². The smallest absolute Gasteiger partial charge is 0.222 e. The van der Waals surface area contributed by atoms with E-state index in [1.54, 1.807) is 11.8 Å². The Labute approximate surface area is 131 Å². The molecule has 1 saturated heterocycles. The summed E-state index contributed by atoms with van der Waals surface area (Å²) < 4.78 is 5.70. The van der Waals surface area contributed by atoms with Gasteiger partial charge in [0.05, 0.1) is 6.61 Å². The highest BCUT2D eigenvalue weighted by atomic mass is 16.5. The van der Waals surface area contributed by atoms with E-state index in [2.05, 4.69) is 0 Å². The van der Waals surface area contributed by atoms with E-state index in [4.69, 9.17) is 4.74 Å². The summed E-state index contributed by atoms with van der Waals surface area (Å²) in [6.45, 7) is 6.68. The van der Waals surface area contributed by atoms with Gasteiger partial charge in [0.1, 0.15) is 5.75 Å². The largest absolute Gasteiger partial charge is 0.493 e. The molecule has 1 heterocycles. The molecule has 5 heteroatoms. The van der Waals surface area contributed by atoms with Gasteiger partial charge in [0.15, 0.2) is 0 Å². The maximum Gasteiger partial charge on any atom is 0.222 e. The molecule has 0 unspecified atom stereocenters. The molecule has 2 rings (SSSR count). The first-order valence-corrected chi connectivity index (χ1v) is 7.79. The molecular weight excluding hydrogens is 280 g/mol. The first kappa shape index (κ1) is 16.3. The Morgan fingerprint density at radius 3 is 2.36 bits per heavy atom. The molecule has 120 valence electrons. The lowest BCUT2D eigenvalue weighted by molar-refractivity contribution is -0.138. The van der Waals surface area contributed by atoms with Crippen molar-refractivity contribution in [1.29, 1.82) is 0 Å². The number of carbonyl (C=O) groups excluding carboxylic acids is 2. The fourth-order valence-electron chi connectivity index (χ4n) is 2.55. The molecule has 1 aliphatic heterocycles. The lowest BCUT2D eigenvalue weighted by atomic mass is 10.2. The lowest BCUT2D eigenvalue weighted by Crippen LogP contribution is -2.50. The zero-order chi connectivity index (χ0) is 15.9. The second-order valence-electron chi connectivity index (χ2n) is 5.60. The summed E-state index contributed by atoms with van der Waals surface area (Å²) in [4.78, 5) is 27.0. The van der Waals surface area contributed by atoms with Gasteiger partial charge in [0.25, 0.3) is 0 Å². The Hall–Kier alpha value is -2.04. The number of aryl methyl sites for hydroxylation is 1. The third-order valence-electron chi connectivity index (χ3n) is 3.96. The van der Waals surface area contributed by atoms with Crippen molar-refractivity contribution >= 4 is 11.8 Å². The van der Waals surface area contributed by atoms with Gasteiger partial charge in [-0.15, -0.1) is 0 Å². The highest BCUT2D eigenvalue weighted by Gasteiger charge is 2.21. The van der Waals surface area contributed by atoms with Crippen molar-refractivity contribution < 1.29 is 14.3 Å². The van der Waals surface area contributed by atoms with E-state index in [0.717, 1.165) is 11.3 Å². The third-order valence-corrected chi connectivity index (χ3v) is 3.96. The van der Waals surface area contributed by atoms with Crippen LogP contribution in [-0.2, 0) is 9.59 Å². The van der Waals surface area contributed by atoms with Gasteiger partial charge >= 0.3 is 0 Å². The van der Waals surface area contributed by atoms with Crippen LogP contribution in [0.4, 0.5) is 0 Å². The third kappa shape index (κ3) is 4.48. The Morgan fingerprint density at radius 1 is 1.09 bits per heavy atom. The number of hydrogen-bond donors (Lipinski definition) is 0. The Balaban J connectivity index is 1.66. The number of nitrogens with zero attached hydrogens (tertiary/aromatic N) is 2. The van der Waals surface area contributed by atoms with Crippen LogP contribution in [0, 0.1) is 6.92 Å². The van der Waals surface area contributed by atoms with Crippen molar-refractivity contribution in [2.75, 3.05) is 32.8 Å². The number of carbonyl (C=O) groups is 2. The zero-order valence-corrected chi connectivity index (χ0v) is 13.4. The van der Waals surface area contributed by atoms with Crippen molar-refractivity contribution in [3.05, 3.63) is 29.8 Å². The fourth-order valence-corrected chi connectivity index (χ4v) is 2.55. The van der Waals surface area contributed by atoms with Gasteiger partial charge in [-0.1, -0.05) is 18.2 Å². The highest BCUT2D eigenvalue weighted by Crippen LogP contribution is 2.16. The molecule has 1 aliphatic rings. The van der Waals surface area contributed by atoms with E-state index in [9.17, 15) is 9.59 Å². The normalized spacial score (nSPS) is 14.8. The summed E-state index contributed by atoms with van der Waals surface area (Å²) in [5, 5.41) is 0. The minimum atomic E-state index is 0.0822. The van der Waals surface area contributed by atoms with Crippen LogP contribution >= 0.6 is 0 Å². The van der Waals surface area contributed by atoms with Gasteiger partial charge in [0.2, 0.25) is 11.8 Å². The fraction of sp³-hybridized carbons (Fsp3) is 0.529. The van der Waals surface area contributed by atoms with Crippen LogP contribution in [0.15, 0.2) is 24.3 Å². The molecule has 1 aromatic carbocycles. The molecule has 1 fully saturated rings. The predicted molar refractivity (Wildman–Crippen MR) is 84.7 cm³/mol. The molecule has 0 N–H and O–H groups in total. The molecule has 22 heavy (non-hydrogen) atoms. The van der Waals surface area contributed by atoms with Crippen molar-refractivity contribution in [2.45, 2.75) is 26.7 Å². The number of rotatable bonds is 5. The van der Waals surface area contributed by atoms with Gasteiger partial charge in [-0.05, 0) is 25.0 Å². The molecule has 0 aliphatic carbocycles. The van der Waals surface area contributed by atoms with Crippen LogP contribution < -0.4 is 4.74 Å². The summed E-state index contributed by atoms with van der Waals surface area (Å²) >= 11 is 0. The van der Waals surface area contributed by atoms with Crippen LogP contribution in [0.1, 0.15) is 25.3 Å². The maximum atomic E-state index is 12.1. The molecule has 0 radical (unpaired) electrons. The van der Waals surface area contributed by atoms with Crippen molar-refractivity contribution in [3.63, 3.8) is 0 Å². The summed E-state index contributed by atoms with van der Waals surface area (Å²) in [7, 11) is 0. The van der Waals surface area contributed by atoms with Gasteiger partial charge in [-0.3, -0.25) is 9.59 Å². The maximum absolute atomic E-state index is 12.1. The van der Waals surface area contributed by atoms with E-state index in [1.807, 2.05) is 36.1 Å². The first-order chi connectivity index (χ1) is 10.6. The van der Waals surface area contributed by atoms with E-state index < -0.39 is 0 Å². The second kappa shape index (κ2) is 7.82. The average Bonchev–Trinajstić information content (AvgIpc) is 2.53. The summed E-state index contributed by atoms with van der Waals surface area (Å²) in [6.07, 6.45) is 1.20. The van der Waals surface area contributed by atoms with Crippen molar-refractivity contribution in [1.82, 2.24) is 9.80 Å². The minimum Gasteiger partial charge on any atom is -0.493 e. The lowest BCUT2D eigenvalue weighted by Gasteiger charge is -2.34. The monoisotopic (exact) mass is 304 g/mol. The molecule has 1 aromatic rings. The second-order valence-corrected chi connectivity index (χ2v) is 5.60. The quantitative estimate of drug-likeness (QED) is 0.780. The highest BCUT2D eigenvalue weighted by molar-refractivity contribution is 5.77. The van der Waals surface area contributed by atoms with Crippen LogP contribution in [-0.4, -0.2) is 54.4 Å². The molecule has 0 aromatic heterocycles. The Morgan fingerprint density at radius 2 is 1.73 bits per heavy atom. The number of para-hydroxylation sites is 1. The van der Waals surface area contributed by atoms with Gasteiger partial charge in [-0.25, -0.2) is 0 Å². The van der Waals surface area contributed by atoms with Crippen LogP contribution in [0.2, 0.25) is 0 Å². The van der Waals surface area contributed by atoms with Crippen molar-refractivity contribution in [3.8, 4) is 5.75 Å². The van der Waals surface area contributed by atoms with Crippen LogP contribution in [0.5, 0.6) is 5.75 Å². The molecule has 0 saturated carbocycles. The molecule has 0 bridgehead atoms.